The lowest BCUT2D eigenvalue weighted by Gasteiger charge is -2.01. The van der Waals surface area contributed by atoms with E-state index >= 15 is 0 Å². The molecule has 1 aromatic heterocycles. The molecule has 0 saturated heterocycles. The number of thiol groups is 1. The van der Waals surface area contributed by atoms with Crippen LogP contribution in [0.5, 0.6) is 0 Å². The van der Waals surface area contributed by atoms with Crippen molar-refractivity contribution in [1.29, 1.82) is 5.26 Å². The van der Waals surface area contributed by atoms with Crippen molar-refractivity contribution < 1.29 is 9.53 Å². The predicted molar refractivity (Wildman–Crippen MR) is 65.9 cm³/mol. The number of rotatable bonds is 6. The molecule has 1 rings (SSSR count). The van der Waals surface area contributed by atoms with E-state index in [9.17, 15) is 4.79 Å². The van der Waals surface area contributed by atoms with Crippen molar-refractivity contribution in [3.63, 3.8) is 0 Å². The van der Waals surface area contributed by atoms with Crippen LogP contribution in [0.2, 0.25) is 0 Å². The van der Waals surface area contributed by atoms with Gasteiger partial charge in [-0.05, 0) is 5.75 Å². The van der Waals surface area contributed by atoms with Gasteiger partial charge in [0.1, 0.15) is 11.6 Å². The maximum atomic E-state index is 11.4. The van der Waals surface area contributed by atoms with Crippen molar-refractivity contribution in [3.05, 3.63) is 11.8 Å². The number of amides is 1. The lowest BCUT2D eigenvalue weighted by molar-refractivity contribution is -0.115. The van der Waals surface area contributed by atoms with Crippen LogP contribution in [-0.2, 0) is 16.1 Å². The first kappa shape index (κ1) is 13.5. The summed E-state index contributed by atoms with van der Waals surface area (Å²) < 4.78 is 6.47. The minimum absolute atomic E-state index is 0.200. The van der Waals surface area contributed by atoms with Crippen molar-refractivity contribution in [2.75, 3.05) is 24.8 Å². The van der Waals surface area contributed by atoms with Gasteiger partial charge in [0.2, 0.25) is 5.91 Å². The third kappa shape index (κ3) is 4.09. The van der Waals surface area contributed by atoms with E-state index in [1.807, 2.05) is 6.07 Å². The second-order valence-electron chi connectivity index (χ2n) is 3.28. The number of carbonyl (C=O) groups excluding carboxylic acids is 1. The minimum Gasteiger partial charge on any atom is -0.383 e. The summed E-state index contributed by atoms with van der Waals surface area (Å²) in [5.74, 6) is 0.543. The zero-order valence-corrected chi connectivity index (χ0v) is 10.4. The molecule has 17 heavy (non-hydrogen) atoms. The van der Waals surface area contributed by atoms with E-state index in [-0.39, 0.29) is 11.7 Å². The molecule has 0 bridgehead atoms. The maximum absolute atomic E-state index is 11.4. The Morgan fingerprint density at radius 1 is 1.76 bits per heavy atom. The van der Waals surface area contributed by atoms with Gasteiger partial charge in [-0.3, -0.25) is 9.48 Å². The van der Waals surface area contributed by atoms with Gasteiger partial charge in [-0.15, -0.1) is 0 Å². The molecule has 92 valence electrons. The SMILES string of the molecule is COCCn1cc(C#N)c(NC(=O)CCS)n1. The molecule has 0 fully saturated rings. The number of aromatic nitrogens is 2. The molecule has 6 nitrogen and oxygen atoms in total. The molecule has 0 unspecified atom stereocenters. The average Bonchev–Trinajstić information content (AvgIpc) is 2.69. The number of nitriles is 1. The fourth-order valence-electron chi connectivity index (χ4n) is 1.19. The van der Waals surface area contributed by atoms with Crippen molar-refractivity contribution in [2.45, 2.75) is 13.0 Å². The Hall–Kier alpha value is -1.52. The first-order valence-corrected chi connectivity index (χ1v) is 5.71. The maximum Gasteiger partial charge on any atom is 0.226 e. The van der Waals surface area contributed by atoms with E-state index in [1.165, 1.54) is 0 Å². The van der Waals surface area contributed by atoms with Gasteiger partial charge in [-0.25, -0.2) is 0 Å². The van der Waals surface area contributed by atoms with Crippen LogP contribution in [0.25, 0.3) is 0 Å². The zero-order chi connectivity index (χ0) is 12.7. The smallest absolute Gasteiger partial charge is 0.226 e. The number of hydrogen-bond donors (Lipinski definition) is 2. The minimum atomic E-state index is -0.200. The van der Waals surface area contributed by atoms with Crippen molar-refractivity contribution in [1.82, 2.24) is 9.78 Å². The van der Waals surface area contributed by atoms with E-state index in [0.29, 0.717) is 30.9 Å². The van der Waals surface area contributed by atoms with Crippen LogP contribution >= 0.6 is 12.6 Å². The predicted octanol–water partition coefficient (Wildman–Crippen LogP) is 0.660. The standard InChI is InChI=1S/C10H14N4O2S/c1-16-4-3-14-7-8(6-11)10(13-14)12-9(15)2-5-17/h7,17H,2-5H2,1H3,(H,12,13,15). The molecule has 0 atom stereocenters. The third-order valence-corrected chi connectivity index (χ3v) is 2.23. The number of hydrogen-bond acceptors (Lipinski definition) is 5. The zero-order valence-electron chi connectivity index (χ0n) is 9.51. The Balaban J connectivity index is 2.73. The first-order chi connectivity index (χ1) is 8.21. The van der Waals surface area contributed by atoms with Crippen LogP contribution in [0.1, 0.15) is 12.0 Å². The van der Waals surface area contributed by atoms with Crippen LogP contribution < -0.4 is 5.32 Å². The largest absolute Gasteiger partial charge is 0.383 e. The van der Waals surface area contributed by atoms with Crippen molar-refractivity contribution in [2.24, 2.45) is 0 Å². The van der Waals surface area contributed by atoms with Crippen LogP contribution in [0.4, 0.5) is 5.82 Å². The average molecular weight is 254 g/mol. The van der Waals surface area contributed by atoms with E-state index in [1.54, 1.807) is 18.0 Å². The molecule has 1 aromatic rings. The second-order valence-corrected chi connectivity index (χ2v) is 3.73. The Bertz CT molecular complexity index is 424. The van der Waals surface area contributed by atoms with Gasteiger partial charge < -0.3 is 10.1 Å². The van der Waals surface area contributed by atoms with Crippen LogP contribution in [0.3, 0.4) is 0 Å². The molecule has 0 spiro atoms. The molecule has 1 amide bonds. The Morgan fingerprint density at radius 2 is 2.53 bits per heavy atom. The quantitative estimate of drug-likeness (QED) is 0.731. The molecule has 0 radical (unpaired) electrons. The topological polar surface area (TPSA) is 79.9 Å². The van der Waals surface area contributed by atoms with Gasteiger partial charge in [0, 0.05) is 19.7 Å². The van der Waals surface area contributed by atoms with E-state index in [2.05, 4.69) is 23.0 Å². The molecule has 0 aliphatic rings. The molecule has 1 heterocycles. The number of ether oxygens (including phenoxy) is 1. The fourth-order valence-corrected chi connectivity index (χ4v) is 1.39. The first-order valence-electron chi connectivity index (χ1n) is 5.08. The molecule has 7 heteroatoms. The van der Waals surface area contributed by atoms with Crippen LogP contribution in [-0.4, -0.2) is 35.2 Å². The highest BCUT2D eigenvalue weighted by atomic mass is 32.1. The highest BCUT2D eigenvalue weighted by Crippen LogP contribution is 2.12. The van der Waals surface area contributed by atoms with Crippen LogP contribution in [0, 0.1) is 11.3 Å². The number of anilines is 1. The fraction of sp³-hybridized carbons (Fsp3) is 0.500. The highest BCUT2D eigenvalue weighted by molar-refractivity contribution is 7.80. The van der Waals surface area contributed by atoms with Gasteiger partial charge in [-0.1, -0.05) is 0 Å². The number of nitrogens with zero attached hydrogens (tertiary/aromatic N) is 3. The number of nitrogens with one attached hydrogen (secondary N) is 1. The van der Waals surface area contributed by atoms with E-state index < -0.39 is 0 Å². The second kappa shape index (κ2) is 6.93. The molecule has 0 aromatic carbocycles. The van der Waals surface area contributed by atoms with Crippen molar-refractivity contribution in [3.8, 4) is 6.07 Å². The molecule has 0 aliphatic heterocycles. The summed E-state index contributed by atoms with van der Waals surface area (Å²) in [5.41, 5.74) is 0.341. The van der Waals surface area contributed by atoms with Crippen molar-refractivity contribution >= 4 is 24.4 Å². The molecular formula is C10H14N4O2S. The highest BCUT2D eigenvalue weighted by Gasteiger charge is 2.11. The van der Waals surface area contributed by atoms with Gasteiger partial charge in [0.05, 0.1) is 13.2 Å². The summed E-state index contributed by atoms with van der Waals surface area (Å²) in [4.78, 5) is 11.4. The monoisotopic (exact) mass is 254 g/mol. The molecule has 1 N–H and O–H groups in total. The summed E-state index contributed by atoms with van der Waals surface area (Å²) in [6, 6.07) is 1.98. The summed E-state index contributed by atoms with van der Waals surface area (Å²) in [5, 5.41) is 15.6. The van der Waals surface area contributed by atoms with Gasteiger partial charge in [-0.2, -0.15) is 23.0 Å². The number of methoxy groups -OCH3 is 1. The van der Waals surface area contributed by atoms with Gasteiger partial charge in [0.15, 0.2) is 5.82 Å². The normalized spacial score (nSPS) is 9.94. The molecule has 0 aliphatic carbocycles. The van der Waals surface area contributed by atoms with E-state index in [0.717, 1.165) is 0 Å². The third-order valence-electron chi connectivity index (χ3n) is 2.00. The molecule has 0 saturated carbocycles. The van der Waals surface area contributed by atoms with E-state index in [4.69, 9.17) is 10.00 Å². The van der Waals surface area contributed by atoms with Gasteiger partial charge >= 0.3 is 0 Å². The Kier molecular flexibility index (Phi) is 5.52. The lowest BCUT2D eigenvalue weighted by atomic mass is 10.3. The number of carbonyl (C=O) groups is 1. The summed E-state index contributed by atoms with van der Waals surface area (Å²) in [6.45, 7) is 1.03. The Labute approximate surface area is 105 Å². The molecular weight excluding hydrogens is 240 g/mol. The summed E-state index contributed by atoms with van der Waals surface area (Å²) in [7, 11) is 1.59. The Morgan fingerprint density at radius 3 is 3.12 bits per heavy atom. The lowest BCUT2D eigenvalue weighted by Crippen LogP contribution is -2.13. The summed E-state index contributed by atoms with van der Waals surface area (Å²) in [6.07, 6.45) is 1.87. The van der Waals surface area contributed by atoms with Gasteiger partial charge in [0.25, 0.3) is 0 Å². The summed E-state index contributed by atoms with van der Waals surface area (Å²) >= 11 is 3.96. The van der Waals surface area contributed by atoms with Crippen LogP contribution in [0.15, 0.2) is 6.20 Å².